The number of aryl methyl sites for hydroxylation is 3. The molecule has 0 heterocycles. The molecule has 0 nitrogen and oxygen atoms in total. The molecule has 2 aromatic rings. The number of alkyl halides is 1. The number of hydrogen-bond donors (Lipinski definition) is 0. The first kappa shape index (κ1) is 14.1. The van der Waals surface area contributed by atoms with Crippen LogP contribution in [0.3, 0.4) is 0 Å². The fraction of sp³-hybridized carbons (Fsp3) is 0.333. The Morgan fingerprint density at radius 2 is 1.42 bits per heavy atom. The summed E-state index contributed by atoms with van der Waals surface area (Å²) in [6.45, 7) is 8.64. The lowest BCUT2D eigenvalue weighted by Crippen LogP contribution is -2.06. The first-order valence-electron chi connectivity index (χ1n) is 6.77. The predicted octanol–water partition coefficient (Wildman–Crippen LogP) is 5.70. The van der Waals surface area contributed by atoms with Crippen molar-refractivity contribution in [2.24, 2.45) is 0 Å². The second kappa shape index (κ2) is 5.79. The van der Waals surface area contributed by atoms with Gasteiger partial charge in [0.15, 0.2) is 0 Å². The van der Waals surface area contributed by atoms with Crippen molar-refractivity contribution in [1.82, 2.24) is 0 Å². The molecular formula is C18H21Cl. The Bertz CT molecular complexity index is 534. The summed E-state index contributed by atoms with van der Waals surface area (Å²) in [5.41, 5.74) is 6.46. The molecule has 0 N–H and O–H groups in total. The van der Waals surface area contributed by atoms with Gasteiger partial charge in [-0.15, -0.1) is 11.6 Å². The molecule has 0 fully saturated rings. The molecule has 2 unspecified atom stereocenters. The van der Waals surface area contributed by atoms with Gasteiger partial charge in [0, 0.05) is 5.92 Å². The monoisotopic (exact) mass is 272 g/mol. The van der Waals surface area contributed by atoms with Gasteiger partial charge >= 0.3 is 0 Å². The molecule has 0 saturated heterocycles. The fourth-order valence-corrected chi connectivity index (χ4v) is 3.29. The van der Waals surface area contributed by atoms with Crippen molar-refractivity contribution in [2.45, 2.75) is 39.0 Å². The van der Waals surface area contributed by atoms with Crippen molar-refractivity contribution >= 4 is 11.6 Å². The van der Waals surface area contributed by atoms with Crippen molar-refractivity contribution in [3.63, 3.8) is 0 Å². The van der Waals surface area contributed by atoms with Gasteiger partial charge < -0.3 is 0 Å². The summed E-state index contributed by atoms with van der Waals surface area (Å²) in [6.07, 6.45) is 0. The highest BCUT2D eigenvalue weighted by atomic mass is 35.5. The van der Waals surface area contributed by atoms with E-state index in [0.29, 0.717) is 5.92 Å². The quantitative estimate of drug-likeness (QED) is 0.629. The maximum absolute atomic E-state index is 6.75. The van der Waals surface area contributed by atoms with E-state index in [4.69, 9.17) is 11.6 Å². The Morgan fingerprint density at radius 3 is 1.95 bits per heavy atom. The van der Waals surface area contributed by atoms with Crippen LogP contribution in [0.4, 0.5) is 0 Å². The molecule has 0 amide bonds. The lowest BCUT2D eigenvalue weighted by molar-refractivity contribution is 0.724. The molecule has 0 aliphatic heterocycles. The van der Waals surface area contributed by atoms with E-state index in [1.165, 1.54) is 27.8 Å². The molecule has 0 aromatic heterocycles. The van der Waals surface area contributed by atoms with E-state index in [2.05, 4.69) is 64.1 Å². The molecule has 0 bridgehead atoms. The summed E-state index contributed by atoms with van der Waals surface area (Å²) < 4.78 is 0. The molecule has 0 radical (unpaired) electrons. The summed E-state index contributed by atoms with van der Waals surface area (Å²) in [6, 6.07) is 14.9. The third kappa shape index (κ3) is 3.01. The van der Waals surface area contributed by atoms with Gasteiger partial charge in [0.2, 0.25) is 0 Å². The van der Waals surface area contributed by atoms with E-state index in [1.54, 1.807) is 0 Å². The Hall–Kier alpha value is -1.27. The van der Waals surface area contributed by atoms with Crippen LogP contribution < -0.4 is 0 Å². The third-order valence-electron chi connectivity index (χ3n) is 3.78. The Balaban J connectivity index is 2.37. The van der Waals surface area contributed by atoms with Gasteiger partial charge in [-0.25, -0.2) is 0 Å². The fourth-order valence-electron chi connectivity index (χ4n) is 2.80. The standard InChI is InChI=1S/C18H21Cl/c1-12-10-13(2)17(14(3)11-12)18(19)15(4)16-8-6-5-7-9-16/h5-11,15,18H,1-4H3. The van der Waals surface area contributed by atoms with Gasteiger partial charge in [0.25, 0.3) is 0 Å². The van der Waals surface area contributed by atoms with Crippen LogP contribution >= 0.6 is 11.6 Å². The van der Waals surface area contributed by atoms with Gasteiger partial charge in [-0.3, -0.25) is 0 Å². The zero-order chi connectivity index (χ0) is 14.0. The van der Waals surface area contributed by atoms with Crippen LogP contribution in [-0.2, 0) is 0 Å². The highest BCUT2D eigenvalue weighted by Crippen LogP contribution is 2.39. The molecule has 2 atom stereocenters. The third-order valence-corrected chi connectivity index (χ3v) is 4.37. The van der Waals surface area contributed by atoms with E-state index >= 15 is 0 Å². The average molecular weight is 273 g/mol. The molecule has 2 aromatic carbocycles. The number of benzene rings is 2. The second-order valence-electron chi connectivity index (χ2n) is 5.41. The Kier molecular flexibility index (Phi) is 4.31. The maximum atomic E-state index is 6.75. The first-order chi connectivity index (χ1) is 9.00. The van der Waals surface area contributed by atoms with Crippen molar-refractivity contribution in [3.05, 3.63) is 70.3 Å². The van der Waals surface area contributed by atoms with Crippen molar-refractivity contribution in [1.29, 1.82) is 0 Å². The maximum Gasteiger partial charge on any atom is 0.0656 e. The van der Waals surface area contributed by atoms with Gasteiger partial charge in [-0.05, 0) is 43.0 Å². The zero-order valence-electron chi connectivity index (χ0n) is 12.1. The predicted molar refractivity (Wildman–Crippen MR) is 84.1 cm³/mol. The number of hydrogen-bond acceptors (Lipinski definition) is 0. The number of rotatable bonds is 3. The summed E-state index contributed by atoms with van der Waals surface area (Å²) >= 11 is 6.75. The summed E-state index contributed by atoms with van der Waals surface area (Å²) in [5.74, 6) is 0.308. The minimum Gasteiger partial charge on any atom is -0.117 e. The van der Waals surface area contributed by atoms with Crippen LogP contribution in [0.5, 0.6) is 0 Å². The van der Waals surface area contributed by atoms with Gasteiger partial charge in [-0.2, -0.15) is 0 Å². The van der Waals surface area contributed by atoms with E-state index in [9.17, 15) is 0 Å². The highest BCUT2D eigenvalue weighted by molar-refractivity contribution is 6.21. The largest absolute Gasteiger partial charge is 0.117 e. The molecule has 0 aliphatic rings. The molecule has 0 aliphatic carbocycles. The van der Waals surface area contributed by atoms with Crippen LogP contribution in [-0.4, -0.2) is 0 Å². The average Bonchev–Trinajstić information content (AvgIpc) is 2.37. The summed E-state index contributed by atoms with van der Waals surface area (Å²) in [7, 11) is 0. The zero-order valence-corrected chi connectivity index (χ0v) is 12.8. The van der Waals surface area contributed by atoms with Crippen molar-refractivity contribution in [2.75, 3.05) is 0 Å². The lowest BCUT2D eigenvalue weighted by atomic mass is 9.88. The summed E-state index contributed by atoms with van der Waals surface area (Å²) in [5, 5.41) is 0.0167. The summed E-state index contributed by atoms with van der Waals surface area (Å²) in [4.78, 5) is 0. The number of halogens is 1. The van der Waals surface area contributed by atoms with Gasteiger partial charge in [-0.1, -0.05) is 55.0 Å². The highest BCUT2D eigenvalue weighted by Gasteiger charge is 2.21. The molecule has 100 valence electrons. The Morgan fingerprint density at radius 1 is 0.895 bits per heavy atom. The van der Waals surface area contributed by atoms with Crippen LogP contribution in [0.25, 0.3) is 0 Å². The smallest absolute Gasteiger partial charge is 0.0656 e. The molecule has 0 spiro atoms. The minimum absolute atomic E-state index is 0.0167. The molecule has 0 saturated carbocycles. The van der Waals surface area contributed by atoms with Crippen LogP contribution in [0.15, 0.2) is 42.5 Å². The van der Waals surface area contributed by atoms with E-state index < -0.39 is 0 Å². The Labute approximate surface area is 121 Å². The van der Waals surface area contributed by atoms with Gasteiger partial charge in [0.1, 0.15) is 0 Å². The van der Waals surface area contributed by atoms with Crippen LogP contribution in [0.1, 0.15) is 46.0 Å². The van der Waals surface area contributed by atoms with Crippen molar-refractivity contribution < 1.29 is 0 Å². The minimum atomic E-state index is 0.0167. The molecule has 2 rings (SSSR count). The van der Waals surface area contributed by atoms with E-state index in [0.717, 1.165) is 0 Å². The van der Waals surface area contributed by atoms with E-state index in [1.807, 2.05) is 6.07 Å². The van der Waals surface area contributed by atoms with Crippen molar-refractivity contribution in [3.8, 4) is 0 Å². The molecule has 19 heavy (non-hydrogen) atoms. The molecular weight excluding hydrogens is 252 g/mol. The van der Waals surface area contributed by atoms with Crippen LogP contribution in [0.2, 0.25) is 0 Å². The SMILES string of the molecule is Cc1cc(C)c(C(Cl)C(C)c2ccccc2)c(C)c1. The first-order valence-corrected chi connectivity index (χ1v) is 7.21. The molecule has 1 heteroatoms. The normalized spacial score (nSPS) is 14.2. The second-order valence-corrected chi connectivity index (χ2v) is 5.88. The van der Waals surface area contributed by atoms with Gasteiger partial charge in [0.05, 0.1) is 5.38 Å². The van der Waals surface area contributed by atoms with Crippen LogP contribution in [0, 0.1) is 20.8 Å². The topological polar surface area (TPSA) is 0 Å². The lowest BCUT2D eigenvalue weighted by Gasteiger charge is -2.23. The van der Waals surface area contributed by atoms with E-state index in [-0.39, 0.29) is 5.38 Å².